The molecule has 0 bridgehead atoms. The third-order valence-electron chi connectivity index (χ3n) is 4.11. The fraction of sp³-hybridized carbons (Fsp3) is 0.562. The summed E-state index contributed by atoms with van der Waals surface area (Å²) < 4.78 is 6.10. The zero-order chi connectivity index (χ0) is 13.8. The summed E-state index contributed by atoms with van der Waals surface area (Å²) in [5.41, 5.74) is 9.01. The first kappa shape index (κ1) is 14.5. The molecule has 1 aliphatic rings. The molecule has 0 saturated heterocycles. The molecule has 19 heavy (non-hydrogen) atoms. The summed E-state index contributed by atoms with van der Waals surface area (Å²) in [5.74, 6) is 0.685. The van der Waals surface area contributed by atoms with Crippen LogP contribution >= 0.6 is 12.2 Å². The minimum absolute atomic E-state index is 0.420. The molecule has 2 atom stereocenters. The molecule has 2 unspecified atom stereocenters. The minimum atomic E-state index is 0.420. The lowest BCUT2D eigenvalue weighted by molar-refractivity contribution is -0.0156. The van der Waals surface area contributed by atoms with Gasteiger partial charge in [0.25, 0.3) is 0 Å². The zero-order valence-electron chi connectivity index (χ0n) is 11.8. The van der Waals surface area contributed by atoms with Gasteiger partial charge in [0.15, 0.2) is 0 Å². The monoisotopic (exact) mass is 277 g/mol. The van der Waals surface area contributed by atoms with E-state index in [2.05, 4.69) is 19.9 Å². The molecule has 0 radical (unpaired) electrons. The number of aryl methyl sites for hydroxylation is 1. The van der Waals surface area contributed by atoms with E-state index in [1.54, 1.807) is 0 Å². The van der Waals surface area contributed by atoms with E-state index in [-0.39, 0.29) is 0 Å². The Labute approximate surface area is 121 Å². The van der Waals surface area contributed by atoms with Crippen LogP contribution in [0.25, 0.3) is 0 Å². The number of hydrogen-bond donors (Lipinski definition) is 1. The van der Waals surface area contributed by atoms with Gasteiger partial charge in [0.2, 0.25) is 0 Å². The van der Waals surface area contributed by atoms with E-state index in [1.807, 2.05) is 12.1 Å². The van der Waals surface area contributed by atoms with Crippen molar-refractivity contribution in [2.24, 2.45) is 11.7 Å². The SMILES string of the molecule is Cc1cc(C(N)=S)ccc1COC1CCCCC1C. The molecule has 1 aliphatic carbocycles. The summed E-state index contributed by atoms with van der Waals surface area (Å²) >= 11 is 4.99. The summed E-state index contributed by atoms with van der Waals surface area (Å²) in [6.45, 7) is 5.08. The Morgan fingerprint density at radius 1 is 1.37 bits per heavy atom. The van der Waals surface area contributed by atoms with Gasteiger partial charge in [-0.25, -0.2) is 0 Å². The summed E-state index contributed by atoms with van der Waals surface area (Å²) in [5, 5.41) is 0. The summed E-state index contributed by atoms with van der Waals surface area (Å²) in [4.78, 5) is 0.455. The second kappa shape index (κ2) is 6.49. The van der Waals surface area contributed by atoms with Crippen LogP contribution < -0.4 is 5.73 Å². The van der Waals surface area contributed by atoms with E-state index in [4.69, 9.17) is 22.7 Å². The lowest BCUT2D eigenvalue weighted by Gasteiger charge is -2.29. The van der Waals surface area contributed by atoms with E-state index >= 15 is 0 Å². The van der Waals surface area contributed by atoms with E-state index in [0.717, 1.165) is 5.56 Å². The number of nitrogens with two attached hydrogens (primary N) is 1. The molecule has 0 aliphatic heterocycles. The zero-order valence-corrected chi connectivity index (χ0v) is 12.6. The molecule has 1 aromatic carbocycles. The van der Waals surface area contributed by atoms with Gasteiger partial charge in [-0.05, 0) is 42.9 Å². The quantitative estimate of drug-likeness (QED) is 0.852. The van der Waals surface area contributed by atoms with Crippen LogP contribution in [0.1, 0.15) is 49.3 Å². The number of thiocarbonyl (C=S) groups is 1. The maximum absolute atomic E-state index is 6.10. The minimum Gasteiger partial charge on any atom is -0.389 e. The Hall–Kier alpha value is -0.930. The average molecular weight is 277 g/mol. The Balaban J connectivity index is 1.97. The van der Waals surface area contributed by atoms with Gasteiger partial charge < -0.3 is 10.5 Å². The van der Waals surface area contributed by atoms with Crippen molar-refractivity contribution in [2.75, 3.05) is 0 Å². The van der Waals surface area contributed by atoms with Crippen LogP contribution in [0.2, 0.25) is 0 Å². The molecule has 2 nitrogen and oxygen atoms in total. The smallest absolute Gasteiger partial charge is 0.103 e. The molecule has 0 heterocycles. The molecular formula is C16H23NOS. The molecule has 2 rings (SSSR count). The average Bonchev–Trinajstić information content (AvgIpc) is 2.39. The molecule has 3 heteroatoms. The van der Waals surface area contributed by atoms with E-state index in [0.29, 0.717) is 23.6 Å². The molecule has 1 saturated carbocycles. The van der Waals surface area contributed by atoms with Gasteiger partial charge >= 0.3 is 0 Å². The number of rotatable bonds is 4. The fourth-order valence-electron chi connectivity index (χ4n) is 2.74. The van der Waals surface area contributed by atoms with Crippen molar-refractivity contribution >= 4 is 17.2 Å². The first-order valence-electron chi connectivity index (χ1n) is 7.09. The van der Waals surface area contributed by atoms with Crippen molar-refractivity contribution in [1.82, 2.24) is 0 Å². The van der Waals surface area contributed by atoms with Gasteiger partial charge in [0, 0.05) is 5.56 Å². The number of ether oxygens (including phenoxy) is 1. The highest BCUT2D eigenvalue weighted by Gasteiger charge is 2.21. The molecule has 104 valence electrons. The summed E-state index contributed by atoms with van der Waals surface area (Å²) in [7, 11) is 0. The first-order chi connectivity index (χ1) is 9.08. The topological polar surface area (TPSA) is 35.2 Å². The molecule has 1 fully saturated rings. The van der Waals surface area contributed by atoms with Crippen LogP contribution in [0.4, 0.5) is 0 Å². The number of benzene rings is 1. The standard InChI is InChI=1S/C16H23NOS/c1-11-5-3-4-6-15(11)18-10-14-8-7-13(16(17)19)9-12(14)2/h7-9,11,15H,3-6,10H2,1-2H3,(H2,17,19). The predicted molar refractivity (Wildman–Crippen MR) is 83.3 cm³/mol. The third kappa shape index (κ3) is 3.77. The summed E-state index contributed by atoms with van der Waals surface area (Å²) in [6.07, 6.45) is 5.56. The van der Waals surface area contributed by atoms with Gasteiger partial charge in [0.1, 0.15) is 4.99 Å². The first-order valence-corrected chi connectivity index (χ1v) is 7.49. The molecule has 1 aromatic rings. The largest absolute Gasteiger partial charge is 0.389 e. The van der Waals surface area contributed by atoms with Crippen molar-refractivity contribution in [3.05, 3.63) is 34.9 Å². The summed E-state index contributed by atoms with van der Waals surface area (Å²) in [6, 6.07) is 6.11. The molecular weight excluding hydrogens is 254 g/mol. The van der Waals surface area contributed by atoms with Gasteiger partial charge in [-0.1, -0.05) is 44.1 Å². The van der Waals surface area contributed by atoms with Crippen molar-refractivity contribution in [2.45, 2.75) is 52.2 Å². The maximum Gasteiger partial charge on any atom is 0.103 e. The van der Waals surface area contributed by atoms with E-state index in [9.17, 15) is 0 Å². The second-order valence-corrected chi connectivity index (χ2v) is 6.06. The van der Waals surface area contributed by atoms with Gasteiger partial charge in [-0.3, -0.25) is 0 Å². The van der Waals surface area contributed by atoms with Crippen LogP contribution in [0, 0.1) is 12.8 Å². The Morgan fingerprint density at radius 3 is 2.74 bits per heavy atom. The molecule has 2 N–H and O–H groups in total. The molecule has 0 amide bonds. The second-order valence-electron chi connectivity index (χ2n) is 5.62. The lowest BCUT2D eigenvalue weighted by atomic mass is 9.88. The van der Waals surface area contributed by atoms with Crippen LogP contribution in [-0.4, -0.2) is 11.1 Å². The lowest BCUT2D eigenvalue weighted by Crippen LogP contribution is -2.25. The van der Waals surface area contributed by atoms with Crippen molar-refractivity contribution in [3.8, 4) is 0 Å². The highest BCUT2D eigenvalue weighted by molar-refractivity contribution is 7.80. The van der Waals surface area contributed by atoms with Gasteiger partial charge in [0.05, 0.1) is 12.7 Å². The van der Waals surface area contributed by atoms with Crippen molar-refractivity contribution < 1.29 is 4.74 Å². The van der Waals surface area contributed by atoms with Crippen LogP contribution in [-0.2, 0) is 11.3 Å². The molecule has 0 spiro atoms. The number of hydrogen-bond acceptors (Lipinski definition) is 2. The third-order valence-corrected chi connectivity index (χ3v) is 4.35. The Bertz CT molecular complexity index is 458. The van der Waals surface area contributed by atoms with Gasteiger partial charge in [-0.15, -0.1) is 0 Å². The van der Waals surface area contributed by atoms with Gasteiger partial charge in [-0.2, -0.15) is 0 Å². The van der Waals surface area contributed by atoms with Crippen molar-refractivity contribution in [3.63, 3.8) is 0 Å². The predicted octanol–water partition coefficient (Wildman–Crippen LogP) is 3.72. The van der Waals surface area contributed by atoms with Crippen LogP contribution in [0.5, 0.6) is 0 Å². The highest BCUT2D eigenvalue weighted by Crippen LogP contribution is 2.27. The van der Waals surface area contributed by atoms with Crippen LogP contribution in [0.3, 0.4) is 0 Å². The van der Waals surface area contributed by atoms with E-state index < -0.39 is 0 Å². The Morgan fingerprint density at radius 2 is 2.11 bits per heavy atom. The normalized spacial score (nSPS) is 23.3. The van der Waals surface area contributed by atoms with Crippen LogP contribution in [0.15, 0.2) is 18.2 Å². The Kier molecular flexibility index (Phi) is 4.94. The van der Waals surface area contributed by atoms with Crippen molar-refractivity contribution in [1.29, 1.82) is 0 Å². The van der Waals surface area contributed by atoms with E-state index in [1.165, 1.54) is 36.8 Å². The molecule has 0 aromatic heterocycles. The fourth-order valence-corrected chi connectivity index (χ4v) is 2.86. The maximum atomic E-state index is 6.10. The highest BCUT2D eigenvalue weighted by atomic mass is 32.1.